The van der Waals surface area contributed by atoms with Crippen LogP contribution in [0.2, 0.25) is 0 Å². The van der Waals surface area contributed by atoms with Crippen LogP contribution in [0.25, 0.3) is 10.9 Å². The van der Waals surface area contributed by atoms with Gasteiger partial charge in [0.15, 0.2) is 0 Å². The predicted molar refractivity (Wildman–Crippen MR) is 113 cm³/mol. The van der Waals surface area contributed by atoms with Crippen LogP contribution < -0.4 is 5.32 Å². The Morgan fingerprint density at radius 1 is 1.14 bits per heavy atom. The molecule has 1 fully saturated rings. The van der Waals surface area contributed by atoms with E-state index in [0.717, 1.165) is 16.6 Å². The molecule has 1 aromatic heterocycles. The Labute approximate surface area is 171 Å². The molecule has 1 saturated heterocycles. The first kappa shape index (κ1) is 19.7. The fourth-order valence-electron chi connectivity index (χ4n) is 4.10. The second-order valence-corrected chi connectivity index (χ2v) is 9.29. The molecular formula is C22H25N3O3S. The largest absolute Gasteiger partial charge is 0.358 e. The zero-order chi connectivity index (χ0) is 20.4. The van der Waals surface area contributed by atoms with Crippen LogP contribution in [0.5, 0.6) is 0 Å². The molecule has 6 nitrogen and oxygen atoms in total. The molecule has 0 aliphatic carbocycles. The number of hydrogen-bond acceptors (Lipinski definition) is 3. The molecule has 2 aromatic carbocycles. The van der Waals surface area contributed by atoms with Crippen LogP contribution in [0.1, 0.15) is 24.1 Å². The van der Waals surface area contributed by atoms with Crippen molar-refractivity contribution >= 4 is 26.8 Å². The molecule has 0 unspecified atom stereocenters. The third-order valence-corrected chi connectivity index (χ3v) is 7.48. The van der Waals surface area contributed by atoms with E-state index < -0.39 is 16.1 Å². The summed E-state index contributed by atoms with van der Waals surface area (Å²) in [6, 6.07) is 15.8. The maximum Gasteiger partial charge on any atom is 0.243 e. The lowest BCUT2D eigenvalue weighted by molar-refractivity contribution is -0.124. The van der Waals surface area contributed by atoms with Crippen molar-refractivity contribution in [2.24, 2.45) is 0 Å². The number of sulfonamides is 1. The standard InChI is InChI=1S/C22H25N3O3S/c1-16-18(19-10-5-6-11-20(19)24-16)13-14-23-22(26)21-12-7-15-25(21)29(27,28)17-8-3-2-4-9-17/h2-6,8-11,21,24H,7,12-15H2,1H3,(H,23,26)/t21-/m0/s1. The summed E-state index contributed by atoms with van der Waals surface area (Å²) in [6.07, 6.45) is 1.93. The molecular weight excluding hydrogens is 386 g/mol. The number of nitrogens with zero attached hydrogens (tertiary/aromatic N) is 1. The Morgan fingerprint density at radius 3 is 2.66 bits per heavy atom. The number of carbonyl (C=O) groups excluding carboxylic acids is 1. The highest BCUT2D eigenvalue weighted by molar-refractivity contribution is 7.89. The highest BCUT2D eigenvalue weighted by Crippen LogP contribution is 2.26. The Balaban J connectivity index is 1.43. The van der Waals surface area contributed by atoms with E-state index in [4.69, 9.17) is 0 Å². The van der Waals surface area contributed by atoms with Gasteiger partial charge in [0.05, 0.1) is 4.90 Å². The molecule has 0 bridgehead atoms. The summed E-state index contributed by atoms with van der Waals surface area (Å²) < 4.78 is 27.2. The number of H-pyrrole nitrogens is 1. The van der Waals surface area contributed by atoms with Crippen LogP contribution in [0, 0.1) is 6.92 Å². The molecule has 2 heterocycles. The number of aryl methyl sites for hydroxylation is 1. The van der Waals surface area contributed by atoms with Gasteiger partial charge in [-0.3, -0.25) is 4.79 Å². The molecule has 0 saturated carbocycles. The van der Waals surface area contributed by atoms with Gasteiger partial charge in [0.25, 0.3) is 0 Å². The zero-order valence-corrected chi connectivity index (χ0v) is 17.2. The van der Waals surface area contributed by atoms with Gasteiger partial charge in [-0.15, -0.1) is 0 Å². The number of para-hydroxylation sites is 1. The Morgan fingerprint density at radius 2 is 1.86 bits per heavy atom. The lowest BCUT2D eigenvalue weighted by Crippen LogP contribution is -2.46. The van der Waals surface area contributed by atoms with Gasteiger partial charge in [-0.2, -0.15) is 4.31 Å². The van der Waals surface area contributed by atoms with Crippen LogP contribution in [0.3, 0.4) is 0 Å². The number of carbonyl (C=O) groups is 1. The van der Waals surface area contributed by atoms with Crippen molar-refractivity contribution in [2.75, 3.05) is 13.1 Å². The summed E-state index contributed by atoms with van der Waals surface area (Å²) in [5, 5.41) is 4.11. The molecule has 1 aliphatic rings. The normalized spacial score (nSPS) is 17.6. The van der Waals surface area contributed by atoms with E-state index in [0.29, 0.717) is 32.4 Å². The van der Waals surface area contributed by atoms with E-state index >= 15 is 0 Å². The summed E-state index contributed by atoms with van der Waals surface area (Å²) in [5.74, 6) is -0.223. The summed E-state index contributed by atoms with van der Waals surface area (Å²) in [4.78, 5) is 16.4. The Kier molecular flexibility index (Phi) is 5.43. The SMILES string of the molecule is Cc1[nH]c2ccccc2c1CCNC(=O)[C@@H]1CCCN1S(=O)(=O)c1ccccc1. The second-order valence-electron chi connectivity index (χ2n) is 7.40. The number of aromatic nitrogens is 1. The van der Waals surface area contributed by atoms with Crippen molar-refractivity contribution in [3.63, 3.8) is 0 Å². The minimum absolute atomic E-state index is 0.223. The molecule has 0 radical (unpaired) electrons. The van der Waals surface area contributed by atoms with E-state index in [1.165, 1.54) is 9.87 Å². The molecule has 3 aromatic rings. The number of hydrogen-bond donors (Lipinski definition) is 2. The van der Waals surface area contributed by atoms with Crippen molar-refractivity contribution in [2.45, 2.75) is 37.1 Å². The topological polar surface area (TPSA) is 82.3 Å². The first-order chi connectivity index (χ1) is 14.0. The minimum Gasteiger partial charge on any atom is -0.358 e. The van der Waals surface area contributed by atoms with E-state index in [2.05, 4.69) is 16.4 Å². The van der Waals surface area contributed by atoms with Crippen molar-refractivity contribution in [3.8, 4) is 0 Å². The smallest absolute Gasteiger partial charge is 0.243 e. The summed E-state index contributed by atoms with van der Waals surface area (Å²) in [6.45, 7) is 2.87. The van der Waals surface area contributed by atoms with Crippen LogP contribution in [0.4, 0.5) is 0 Å². The molecule has 0 spiro atoms. The summed E-state index contributed by atoms with van der Waals surface area (Å²) in [5.41, 5.74) is 3.36. The molecule has 4 rings (SSSR count). The van der Waals surface area contributed by atoms with Crippen LogP contribution in [-0.4, -0.2) is 42.7 Å². The van der Waals surface area contributed by atoms with Crippen molar-refractivity contribution in [1.82, 2.24) is 14.6 Å². The third kappa shape index (κ3) is 3.80. The molecule has 152 valence electrons. The first-order valence-corrected chi connectivity index (χ1v) is 11.3. The van der Waals surface area contributed by atoms with Gasteiger partial charge in [0, 0.05) is 29.7 Å². The average Bonchev–Trinajstić information content (AvgIpc) is 3.34. The van der Waals surface area contributed by atoms with Crippen molar-refractivity contribution in [1.29, 1.82) is 0 Å². The van der Waals surface area contributed by atoms with Gasteiger partial charge >= 0.3 is 0 Å². The fourth-order valence-corrected chi connectivity index (χ4v) is 5.78. The van der Waals surface area contributed by atoms with E-state index in [9.17, 15) is 13.2 Å². The van der Waals surface area contributed by atoms with Crippen LogP contribution in [0.15, 0.2) is 59.5 Å². The van der Waals surface area contributed by atoms with Gasteiger partial charge in [-0.1, -0.05) is 36.4 Å². The Bertz CT molecular complexity index is 1120. The highest BCUT2D eigenvalue weighted by atomic mass is 32.2. The van der Waals surface area contributed by atoms with Crippen molar-refractivity contribution < 1.29 is 13.2 Å². The lowest BCUT2D eigenvalue weighted by atomic mass is 10.1. The van der Waals surface area contributed by atoms with Crippen molar-refractivity contribution in [3.05, 3.63) is 65.9 Å². The molecule has 1 amide bonds. The molecule has 7 heteroatoms. The monoisotopic (exact) mass is 411 g/mol. The van der Waals surface area contributed by atoms with E-state index in [1.807, 2.05) is 25.1 Å². The van der Waals surface area contributed by atoms with Gasteiger partial charge in [0.2, 0.25) is 15.9 Å². The van der Waals surface area contributed by atoms with Gasteiger partial charge < -0.3 is 10.3 Å². The lowest BCUT2D eigenvalue weighted by Gasteiger charge is -2.23. The van der Waals surface area contributed by atoms with Crippen LogP contribution in [-0.2, 0) is 21.2 Å². The second kappa shape index (κ2) is 8.00. The van der Waals surface area contributed by atoms with Gasteiger partial charge in [-0.05, 0) is 49.9 Å². The number of amides is 1. The fraction of sp³-hybridized carbons (Fsp3) is 0.318. The number of fused-ring (bicyclic) bond motifs is 1. The van der Waals surface area contributed by atoms with Gasteiger partial charge in [-0.25, -0.2) is 8.42 Å². The van der Waals surface area contributed by atoms with Gasteiger partial charge in [0.1, 0.15) is 6.04 Å². The van der Waals surface area contributed by atoms with E-state index in [1.54, 1.807) is 30.3 Å². The molecule has 2 N–H and O–H groups in total. The number of benzene rings is 2. The maximum atomic E-state index is 12.9. The quantitative estimate of drug-likeness (QED) is 0.654. The number of aromatic amines is 1. The minimum atomic E-state index is -3.67. The highest BCUT2D eigenvalue weighted by Gasteiger charge is 2.39. The Hall–Kier alpha value is -2.64. The zero-order valence-electron chi connectivity index (χ0n) is 16.4. The molecule has 29 heavy (non-hydrogen) atoms. The van der Waals surface area contributed by atoms with E-state index in [-0.39, 0.29) is 10.8 Å². The number of nitrogens with one attached hydrogen (secondary N) is 2. The average molecular weight is 412 g/mol. The van der Waals surface area contributed by atoms with Crippen LogP contribution >= 0.6 is 0 Å². The molecule has 1 aliphatic heterocycles. The number of rotatable bonds is 6. The third-order valence-electron chi connectivity index (χ3n) is 5.56. The molecule has 1 atom stereocenters. The predicted octanol–water partition coefficient (Wildman–Crippen LogP) is 2.99. The maximum absolute atomic E-state index is 12.9. The summed E-state index contributed by atoms with van der Waals surface area (Å²) >= 11 is 0. The first-order valence-electron chi connectivity index (χ1n) is 9.89. The summed E-state index contributed by atoms with van der Waals surface area (Å²) in [7, 11) is -3.67.